The average Bonchev–Trinajstić information content (AvgIpc) is 2.87. The number of carbonyl (C=O) groups is 1. The van der Waals surface area contributed by atoms with Gasteiger partial charge in [0.2, 0.25) is 0 Å². The van der Waals surface area contributed by atoms with Crippen LogP contribution in [0.3, 0.4) is 0 Å². The number of carbonyl (C=O) groups excluding carboxylic acids is 1. The number of hydrogen-bond donors (Lipinski definition) is 5. The van der Waals surface area contributed by atoms with Gasteiger partial charge >= 0.3 is 0 Å². The number of rotatable bonds is 8. The first-order chi connectivity index (χ1) is 17.8. The number of nitrogens with one attached hydrogen (secondary N) is 5. The highest BCUT2D eigenvalue weighted by molar-refractivity contribution is 6.05. The molecule has 2 aromatic heterocycles. The van der Waals surface area contributed by atoms with Gasteiger partial charge in [-0.1, -0.05) is 6.08 Å². The number of aromatic nitrogens is 2. The molecule has 9 nitrogen and oxygen atoms in total. The summed E-state index contributed by atoms with van der Waals surface area (Å²) < 4.78 is 0. The van der Waals surface area contributed by atoms with Gasteiger partial charge < -0.3 is 26.3 Å². The lowest BCUT2D eigenvalue weighted by Gasteiger charge is -2.36. The summed E-state index contributed by atoms with van der Waals surface area (Å²) in [6, 6.07) is 4.38. The summed E-state index contributed by atoms with van der Waals surface area (Å²) in [5.74, 6) is 0.194. The molecule has 4 heterocycles. The third-order valence-corrected chi connectivity index (χ3v) is 7.19. The maximum atomic E-state index is 13.4. The van der Waals surface area contributed by atoms with E-state index in [0.29, 0.717) is 28.6 Å². The minimum Gasteiger partial charge on any atom is -0.367 e. The minimum absolute atomic E-state index is 0.0851. The maximum absolute atomic E-state index is 13.4. The zero-order valence-electron chi connectivity index (χ0n) is 22.3. The second-order valence-corrected chi connectivity index (χ2v) is 10.3. The van der Waals surface area contributed by atoms with Gasteiger partial charge in [0.25, 0.3) is 11.5 Å². The molecule has 0 aromatic carbocycles. The normalized spacial score (nSPS) is 16.9. The second kappa shape index (κ2) is 11.8. The van der Waals surface area contributed by atoms with Crippen molar-refractivity contribution in [3.63, 3.8) is 0 Å². The molecule has 1 saturated heterocycles. The third kappa shape index (κ3) is 6.34. The first-order valence-corrected chi connectivity index (χ1v) is 13.2. The minimum atomic E-state index is -0.332. The van der Waals surface area contributed by atoms with E-state index in [-0.39, 0.29) is 24.1 Å². The molecule has 2 aliphatic rings. The molecule has 37 heavy (non-hydrogen) atoms. The molecule has 1 amide bonds. The van der Waals surface area contributed by atoms with Crippen molar-refractivity contribution in [2.75, 3.05) is 31.5 Å². The molecule has 0 unspecified atom stereocenters. The molecule has 2 aromatic rings. The van der Waals surface area contributed by atoms with Crippen molar-refractivity contribution in [1.29, 1.82) is 5.41 Å². The molecule has 2 aliphatic heterocycles. The van der Waals surface area contributed by atoms with Gasteiger partial charge in [0.1, 0.15) is 5.82 Å². The molecule has 0 atom stereocenters. The second-order valence-electron chi connectivity index (χ2n) is 10.3. The van der Waals surface area contributed by atoms with Crippen LogP contribution in [0.4, 0.5) is 5.82 Å². The van der Waals surface area contributed by atoms with Crippen molar-refractivity contribution in [1.82, 2.24) is 25.5 Å². The smallest absolute Gasteiger partial charge is 0.253 e. The number of anilines is 1. The van der Waals surface area contributed by atoms with Crippen molar-refractivity contribution in [2.24, 2.45) is 0 Å². The number of amides is 1. The van der Waals surface area contributed by atoms with E-state index < -0.39 is 0 Å². The number of aromatic amines is 1. The van der Waals surface area contributed by atoms with E-state index in [9.17, 15) is 9.59 Å². The van der Waals surface area contributed by atoms with E-state index >= 15 is 0 Å². The van der Waals surface area contributed by atoms with E-state index in [4.69, 9.17) is 10.4 Å². The molecule has 5 N–H and O–H groups in total. The van der Waals surface area contributed by atoms with E-state index in [2.05, 4.69) is 31.9 Å². The summed E-state index contributed by atoms with van der Waals surface area (Å²) in [7, 11) is 0. The summed E-state index contributed by atoms with van der Waals surface area (Å²) >= 11 is 0. The van der Waals surface area contributed by atoms with Crippen LogP contribution in [0.5, 0.6) is 0 Å². The highest BCUT2D eigenvalue weighted by Crippen LogP contribution is 2.28. The monoisotopic (exact) mass is 505 g/mol. The number of hydrogen-bond acceptors (Lipinski definition) is 7. The molecule has 9 heteroatoms. The van der Waals surface area contributed by atoms with E-state index in [1.807, 2.05) is 33.8 Å². The highest BCUT2D eigenvalue weighted by atomic mass is 16.1. The van der Waals surface area contributed by atoms with Crippen LogP contribution in [0.25, 0.3) is 5.57 Å². The number of pyridine rings is 2. The lowest BCUT2D eigenvalue weighted by molar-refractivity contribution is 0.0950. The number of nitrogens with zero attached hydrogens (tertiary/aromatic N) is 2. The fourth-order valence-corrected chi connectivity index (χ4v) is 5.22. The zero-order chi connectivity index (χ0) is 26.5. The fourth-order valence-electron chi connectivity index (χ4n) is 5.22. The van der Waals surface area contributed by atoms with Crippen LogP contribution in [0.15, 0.2) is 23.0 Å². The van der Waals surface area contributed by atoms with E-state index in [1.54, 1.807) is 6.07 Å². The van der Waals surface area contributed by atoms with Crippen LogP contribution in [0.2, 0.25) is 0 Å². The predicted molar refractivity (Wildman–Crippen MR) is 149 cm³/mol. The summed E-state index contributed by atoms with van der Waals surface area (Å²) in [6.07, 6.45) is 6.61. The Morgan fingerprint density at radius 2 is 2.03 bits per heavy atom. The molecule has 0 radical (unpaired) electrons. The van der Waals surface area contributed by atoms with Crippen LogP contribution in [-0.4, -0.2) is 65.3 Å². The lowest BCUT2D eigenvalue weighted by atomic mass is 9.97. The molecule has 0 saturated carbocycles. The predicted octanol–water partition coefficient (Wildman–Crippen LogP) is 2.98. The molecule has 0 bridgehead atoms. The molecule has 0 spiro atoms. The topological polar surface area (TPSA) is 126 Å². The Hall–Kier alpha value is -3.30. The quantitative estimate of drug-likeness (QED) is 0.351. The number of H-pyrrole nitrogens is 1. The molecular weight excluding hydrogens is 466 g/mol. The molecular formula is C28H39N7O2. The zero-order valence-corrected chi connectivity index (χ0v) is 22.3. The largest absolute Gasteiger partial charge is 0.367 e. The maximum Gasteiger partial charge on any atom is 0.253 e. The molecule has 4 rings (SSSR count). The fraction of sp³-hybridized carbons (Fsp3) is 0.500. The van der Waals surface area contributed by atoms with Gasteiger partial charge in [0.15, 0.2) is 0 Å². The van der Waals surface area contributed by atoms with Gasteiger partial charge in [-0.15, -0.1) is 0 Å². The van der Waals surface area contributed by atoms with Crippen LogP contribution < -0.4 is 21.5 Å². The summed E-state index contributed by atoms with van der Waals surface area (Å²) in [4.78, 5) is 36.0. The van der Waals surface area contributed by atoms with Crippen molar-refractivity contribution >= 4 is 23.5 Å². The summed E-state index contributed by atoms with van der Waals surface area (Å²) in [5, 5.41) is 17.7. The van der Waals surface area contributed by atoms with Gasteiger partial charge in [-0.05, 0) is 83.3 Å². The Kier molecular flexibility index (Phi) is 8.56. The Morgan fingerprint density at radius 3 is 2.65 bits per heavy atom. The van der Waals surface area contributed by atoms with Crippen LogP contribution >= 0.6 is 0 Å². The van der Waals surface area contributed by atoms with E-state index in [1.165, 1.54) is 19.1 Å². The highest BCUT2D eigenvalue weighted by Gasteiger charge is 2.25. The van der Waals surface area contributed by atoms with Gasteiger partial charge in [0.05, 0.1) is 11.3 Å². The van der Waals surface area contributed by atoms with Crippen LogP contribution in [-0.2, 0) is 6.54 Å². The third-order valence-electron chi connectivity index (χ3n) is 7.19. The SMILES string of the molecule is Cc1cc(C)c(CNC(=O)c2cc(C3=CCN(C4CCNCC4)CC3)nc(NC(C)C)c2C=N)c(=O)[nH]1. The van der Waals surface area contributed by atoms with Crippen molar-refractivity contribution in [2.45, 2.75) is 65.6 Å². The van der Waals surface area contributed by atoms with Gasteiger partial charge in [0, 0.05) is 54.8 Å². The first-order valence-electron chi connectivity index (χ1n) is 13.2. The molecule has 198 valence electrons. The van der Waals surface area contributed by atoms with Crippen molar-refractivity contribution < 1.29 is 4.79 Å². The van der Waals surface area contributed by atoms with Crippen LogP contribution in [0, 0.1) is 19.3 Å². The number of aryl methyl sites for hydroxylation is 2. The standard InChI is InChI=1S/C28H39N7O2/c1-17(2)32-26-23(15-29)22(27(36)31-16-24-18(3)13-19(4)33-28(24)37)14-25(34-26)20-7-11-35(12-8-20)21-5-9-30-10-6-21/h7,13-15,17,21,29-30H,5-6,8-12,16H2,1-4H3,(H,31,36)(H,32,34)(H,33,37). The summed E-state index contributed by atoms with van der Waals surface area (Å²) in [5.41, 5.74) is 4.64. The lowest BCUT2D eigenvalue weighted by Crippen LogP contribution is -2.44. The van der Waals surface area contributed by atoms with E-state index in [0.717, 1.165) is 55.1 Å². The Balaban J connectivity index is 1.61. The Bertz CT molecular complexity index is 1240. The summed E-state index contributed by atoms with van der Waals surface area (Å²) in [6.45, 7) is 11.8. The molecule has 0 aliphatic carbocycles. The van der Waals surface area contributed by atoms with Crippen molar-refractivity contribution in [3.05, 3.63) is 62.2 Å². The van der Waals surface area contributed by atoms with Gasteiger partial charge in [-0.25, -0.2) is 4.98 Å². The number of piperidine rings is 1. The Morgan fingerprint density at radius 1 is 1.27 bits per heavy atom. The first kappa shape index (κ1) is 26.8. The van der Waals surface area contributed by atoms with Gasteiger partial charge in [-0.3, -0.25) is 14.5 Å². The van der Waals surface area contributed by atoms with Crippen LogP contribution in [0.1, 0.15) is 71.5 Å². The Labute approximate surface area is 218 Å². The molecule has 1 fully saturated rings. The van der Waals surface area contributed by atoms with Crippen molar-refractivity contribution in [3.8, 4) is 0 Å². The average molecular weight is 506 g/mol. The van der Waals surface area contributed by atoms with Gasteiger partial charge in [-0.2, -0.15) is 0 Å².